The molecule has 0 aromatic heterocycles. The van der Waals surface area contributed by atoms with Gasteiger partial charge in [-0.05, 0) is 24.1 Å². The lowest BCUT2D eigenvalue weighted by Crippen LogP contribution is -3.08. The van der Waals surface area contributed by atoms with Gasteiger partial charge in [0.15, 0.2) is 6.54 Å². The molecule has 2 rings (SSSR count). The van der Waals surface area contributed by atoms with Crippen LogP contribution in [0.25, 0.3) is 0 Å². The van der Waals surface area contributed by atoms with E-state index in [-0.39, 0.29) is 11.8 Å². The van der Waals surface area contributed by atoms with E-state index in [9.17, 15) is 9.59 Å². The Morgan fingerprint density at radius 2 is 1.70 bits per heavy atom. The molecule has 2 atom stereocenters. The monoisotopic (exact) mass is 368 g/mol. The molecule has 0 spiro atoms. The van der Waals surface area contributed by atoms with E-state index in [1.54, 1.807) is 7.05 Å². The van der Waals surface area contributed by atoms with Gasteiger partial charge >= 0.3 is 0 Å². The van der Waals surface area contributed by atoms with Gasteiger partial charge in [-0.3, -0.25) is 9.59 Å². The Bertz CT molecular complexity index is 729. The predicted molar refractivity (Wildman–Crippen MR) is 108 cm³/mol. The van der Waals surface area contributed by atoms with Gasteiger partial charge in [0.25, 0.3) is 11.8 Å². The van der Waals surface area contributed by atoms with Crippen LogP contribution in [-0.4, -0.2) is 39.0 Å². The van der Waals surface area contributed by atoms with Crippen molar-refractivity contribution in [2.45, 2.75) is 25.8 Å². The highest BCUT2D eigenvalue weighted by Gasteiger charge is 2.14. The summed E-state index contributed by atoms with van der Waals surface area (Å²) >= 11 is 0. The van der Waals surface area contributed by atoms with Crippen molar-refractivity contribution in [3.05, 3.63) is 71.3 Å². The first kappa shape index (κ1) is 20.6. The van der Waals surface area contributed by atoms with Crippen LogP contribution in [0.4, 0.5) is 0 Å². The van der Waals surface area contributed by atoms with Gasteiger partial charge in [0, 0.05) is 30.6 Å². The van der Waals surface area contributed by atoms with E-state index >= 15 is 0 Å². The molecule has 0 saturated carbocycles. The van der Waals surface area contributed by atoms with Crippen LogP contribution in [0.1, 0.15) is 40.7 Å². The van der Waals surface area contributed by atoms with Gasteiger partial charge in [0.1, 0.15) is 6.54 Å². The second-order valence-electron chi connectivity index (χ2n) is 6.91. The molecule has 27 heavy (non-hydrogen) atoms. The minimum absolute atomic E-state index is 0.0591. The summed E-state index contributed by atoms with van der Waals surface area (Å²) in [6.07, 6.45) is 0.991. The van der Waals surface area contributed by atoms with E-state index < -0.39 is 0 Å². The van der Waals surface area contributed by atoms with Gasteiger partial charge in [-0.1, -0.05) is 49.4 Å². The summed E-state index contributed by atoms with van der Waals surface area (Å²) in [5.41, 5.74) is 3.00. The third-order valence-electron chi connectivity index (χ3n) is 4.72. The van der Waals surface area contributed by atoms with Gasteiger partial charge in [0.2, 0.25) is 0 Å². The molecular weight excluding hydrogens is 338 g/mol. The molecule has 0 aliphatic rings. The number of carbonyl (C=O) groups excluding carboxylic acids is 2. The van der Waals surface area contributed by atoms with Crippen molar-refractivity contribution >= 4 is 11.8 Å². The van der Waals surface area contributed by atoms with E-state index in [4.69, 9.17) is 0 Å². The number of amides is 2. The molecule has 2 aromatic carbocycles. The third kappa shape index (κ3) is 6.53. The quantitative estimate of drug-likeness (QED) is 0.626. The van der Waals surface area contributed by atoms with Gasteiger partial charge in [-0.2, -0.15) is 0 Å². The van der Waals surface area contributed by atoms with E-state index in [0.717, 1.165) is 23.4 Å². The van der Waals surface area contributed by atoms with Crippen LogP contribution in [0.2, 0.25) is 0 Å². The highest BCUT2D eigenvalue weighted by molar-refractivity contribution is 5.93. The van der Waals surface area contributed by atoms with Crippen LogP contribution in [0.15, 0.2) is 54.6 Å². The number of nitrogens with one attached hydrogen (secondary N) is 3. The van der Waals surface area contributed by atoms with Gasteiger partial charge in [0.05, 0.1) is 7.05 Å². The fourth-order valence-corrected chi connectivity index (χ4v) is 3.13. The minimum Gasteiger partial charge on any atom is -0.355 e. The van der Waals surface area contributed by atoms with Crippen LogP contribution < -0.4 is 15.5 Å². The van der Waals surface area contributed by atoms with E-state index in [1.807, 2.05) is 49.5 Å². The first-order valence-electron chi connectivity index (χ1n) is 9.47. The maximum atomic E-state index is 12.3. The van der Waals surface area contributed by atoms with E-state index in [1.165, 1.54) is 5.56 Å². The zero-order valence-electron chi connectivity index (χ0n) is 16.4. The first-order valence-corrected chi connectivity index (χ1v) is 9.47. The van der Waals surface area contributed by atoms with E-state index in [2.05, 4.69) is 29.7 Å². The lowest BCUT2D eigenvalue weighted by Gasteiger charge is -2.18. The molecule has 5 nitrogen and oxygen atoms in total. The zero-order chi connectivity index (χ0) is 19.6. The van der Waals surface area contributed by atoms with Crippen molar-refractivity contribution in [2.75, 3.05) is 27.2 Å². The standard InChI is InChI=1S/C22H29N3O2/c1-4-18(19-8-6-5-7-9-19)14-24-21(26)16-25(3)15-17-10-12-20(13-11-17)22(27)23-2/h5-13,18H,4,14-16H2,1-3H3,(H,23,27)(H,24,26)/p+1/t18-/m0/s1. The van der Waals surface area contributed by atoms with Crippen molar-refractivity contribution in [1.82, 2.24) is 10.6 Å². The fraction of sp³-hybridized carbons (Fsp3) is 0.364. The number of quaternary nitrogens is 1. The van der Waals surface area contributed by atoms with Crippen LogP contribution in [-0.2, 0) is 11.3 Å². The van der Waals surface area contributed by atoms with Crippen molar-refractivity contribution in [3.63, 3.8) is 0 Å². The number of benzene rings is 2. The van der Waals surface area contributed by atoms with Crippen molar-refractivity contribution in [1.29, 1.82) is 0 Å². The average molecular weight is 369 g/mol. The van der Waals surface area contributed by atoms with Crippen LogP contribution in [0.3, 0.4) is 0 Å². The summed E-state index contributed by atoms with van der Waals surface area (Å²) in [6.45, 7) is 3.96. The minimum atomic E-state index is -0.0921. The second kappa shape index (κ2) is 10.5. The summed E-state index contributed by atoms with van der Waals surface area (Å²) in [6, 6.07) is 17.8. The Morgan fingerprint density at radius 1 is 1.04 bits per heavy atom. The molecule has 0 fully saturated rings. The van der Waals surface area contributed by atoms with Gasteiger partial charge in [-0.15, -0.1) is 0 Å². The third-order valence-corrected chi connectivity index (χ3v) is 4.72. The molecule has 0 heterocycles. The molecular formula is C22H30N3O2+. The molecule has 0 aliphatic heterocycles. The lowest BCUT2D eigenvalue weighted by atomic mass is 9.96. The maximum absolute atomic E-state index is 12.3. The molecule has 0 bridgehead atoms. The SMILES string of the molecule is CC[C@@H](CNC(=O)C[NH+](C)Cc1ccc(C(=O)NC)cc1)c1ccccc1. The molecule has 5 heteroatoms. The Morgan fingerprint density at radius 3 is 2.30 bits per heavy atom. The fourth-order valence-electron chi connectivity index (χ4n) is 3.13. The Labute approximate surface area is 161 Å². The average Bonchev–Trinajstić information content (AvgIpc) is 2.69. The second-order valence-corrected chi connectivity index (χ2v) is 6.91. The summed E-state index contributed by atoms with van der Waals surface area (Å²) in [7, 11) is 3.62. The van der Waals surface area contributed by atoms with Crippen molar-refractivity contribution in [2.24, 2.45) is 0 Å². The summed E-state index contributed by atoms with van der Waals surface area (Å²) in [5, 5.41) is 5.68. The number of carbonyl (C=O) groups is 2. The molecule has 3 N–H and O–H groups in total. The normalized spacial score (nSPS) is 12.9. The maximum Gasteiger partial charge on any atom is 0.275 e. The molecule has 0 radical (unpaired) electrons. The van der Waals surface area contributed by atoms with E-state index in [0.29, 0.717) is 24.6 Å². The highest BCUT2D eigenvalue weighted by Crippen LogP contribution is 2.17. The zero-order valence-corrected chi connectivity index (χ0v) is 16.4. The molecule has 0 aliphatic carbocycles. The number of rotatable bonds is 9. The molecule has 2 aromatic rings. The lowest BCUT2D eigenvalue weighted by molar-refractivity contribution is -0.885. The Hall–Kier alpha value is -2.66. The van der Waals surface area contributed by atoms with Gasteiger partial charge < -0.3 is 15.5 Å². The smallest absolute Gasteiger partial charge is 0.275 e. The predicted octanol–water partition coefficient (Wildman–Crippen LogP) is 1.37. The number of hydrogen-bond donors (Lipinski definition) is 3. The molecule has 1 unspecified atom stereocenters. The Balaban J connectivity index is 1.80. The van der Waals surface area contributed by atoms with Gasteiger partial charge in [-0.25, -0.2) is 0 Å². The molecule has 0 saturated heterocycles. The highest BCUT2D eigenvalue weighted by atomic mass is 16.2. The van der Waals surface area contributed by atoms with Crippen LogP contribution in [0.5, 0.6) is 0 Å². The molecule has 144 valence electrons. The van der Waals surface area contributed by atoms with Crippen LogP contribution in [0, 0.1) is 0 Å². The topological polar surface area (TPSA) is 62.6 Å². The summed E-state index contributed by atoms with van der Waals surface area (Å²) in [4.78, 5) is 25.0. The summed E-state index contributed by atoms with van der Waals surface area (Å²) in [5.74, 6) is 0.307. The first-order chi connectivity index (χ1) is 13.0. The number of hydrogen-bond acceptors (Lipinski definition) is 2. The number of likely N-dealkylation sites (N-methyl/N-ethyl adjacent to an activating group) is 1. The Kier molecular flexibility index (Phi) is 8.01. The molecule has 2 amide bonds. The largest absolute Gasteiger partial charge is 0.355 e. The summed E-state index contributed by atoms with van der Waals surface area (Å²) < 4.78 is 0. The van der Waals surface area contributed by atoms with Crippen LogP contribution >= 0.6 is 0 Å². The van der Waals surface area contributed by atoms with Crippen molar-refractivity contribution < 1.29 is 14.5 Å². The van der Waals surface area contributed by atoms with Crippen molar-refractivity contribution in [3.8, 4) is 0 Å².